The number of carbonyl (C=O) groups is 1. The molecule has 5 aromatic rings. The number of aryl methyl sites for hydroxylation is 1. The van der Waals surface area contributed by atoms with Crippen LogP contribution < -0.4 is 10.2 Å². The quantitative estimate of drug-likeness (QED) is 0.107. The van der Waals surface area contributed by atoms with Gasteiger partial charge in [0.2, 0.25) is 5.43 Å². The summed E-state index contributed by atoms with van der Waals surface area (Å²) >= 11 is 6.02. The molecule has 0 aliphatic carbocycles. The Hall–Kier alpha value is -4.15. The highest BCUT2D eigenvalue weighted by molar-refractivity contribution is 6.30. The minimum Gasteiger partial charge on any atom is -0.463 e. The van der Waals surface area contributed by atoms with E-state index in [1.807, 2.05) is 48.5 Å². The van der Waals surface area contributed by atoms with Crippen molar-refractivity contribution in [3.8, 4) is 28.0 Å². The number of rotatable bonds is 9. The van der Waals surface area contributed by atoms with E-state index in [0.29, 0.717) is 39.3 Å². The summed E-state index contributed by atoms with van der Waals surface area (Å²) in [5.41, 5.74) is 4.79. The maximum Gasteiger partial charge on any atom is 0.343 e. The molecule has 1 aromatic heterocycles. The molecule has 5 heteroatoms. The molecule has 0 radical (unpaired) electrons. The molecule has 196 valence electrons. The van der Waals surface area contributed by atoms with Crippen LogP contribution in [0, 0.1) is 0 Å². The minimum absolute atomic E-state index is 0.136. The van der Waals surface area contributed by atoms with Crippen LogP contribution in [0.3, 0.4) is 0 Å². The Morgan fingerprint density at radius 3 is 2.23 bits per heavy atom. The summed E-state index contributed by atoms with van der Waals surface area (Å²) in [4.78, 5) is 26.6. The van der Waals surface area contributed by atoms with Crippen LogP contribution in [-0.2, 0) is 6.42 Å². The second-order valence-electron chi connectivity index (χ2n) is 9.59. The molecule has 0 saturated carbocycles. The first-order valence-corrected chi connectivity index (χ1v) is 13.6. The van der Waals surface area contributed by atoms with Crippen molar-refractivity contribution in [3.63, 3.8) is 0 Å². The van der Waals surface area contributed by atoms with Gasteiger partial charge in [0, 0.05) is 11.1 Å². The predicted molar refractivity (Wildman–Crippen MR) is 158 cm³/mol. The van der Waals surface area contributed by atoms with Crippen molar-refractivity contribution in [2.45, 2.75) is 39.0 Å². The van der Waals surface area contributed by atoms with Gasteiger partial charge in [0.05, 0.1) is 16.5 Å². The zero-order valence-corrected chi connectivity index (χ0v) is 22.5. The van der Waals surface area contributed by atoms with E-state index in [0.717, 1.165) is 47.9 Å². The van der Waals surface area contributed by atoms with E-state index in [4.69, 9.17) is 20.8 Å². The Kier molecular flexibility index (Phi) is 8.24. The van der Waals surface area contributed by atoms with Gasteiger partial charge in [-0.3, -0.25) is 4.79 Å². The Bertz CT molecular complexity index is 1640. The van der Waals surface area contributed by atoms with Crippen LogP contribution in [0.4, 0.5) is 0 Å². The SMILES string of the molecule is CCCCCCc1cc2c(=O)c(-c3ccc(Cl)cc3)coc2cc1OC(=O)c1ccc(-c2ccccc2)cc1. The van der Waals surface area contributed by atoms with Crippen LogP contribution in [0.2, 0.25) is 5.02 Å². The highest BCUT2D eigenvalue weighted by atomic mass is 35.5. The molecule has 0 aliphatic rings. The van der Waals surface area contributed by atoms with Crippen LogP contribution in [0.1, 0.15) is 48.5 Å². The van der Waals surface area contributed by atoms with Gasteiger partial charge in [-0.2, -0.15) is 0 Å². The second kappa shape index (κ2) is 12.1. The third-order valence-electron chi connectivity index (χ3n) is 6.84. The van der Waals surface area contributed by atoms with Crippen LogP contribution in [-0.4, -0.2) is 5.97 Å². The molecule has 4 aromatic carbocycles. The van der Waals surface area contributed by atoms with Gasteiger partial charge in [0.1, 0.15) is 17.6 Å². The number of carbonyl (C=O) groups excluding carboxylic acids is 1. The van der Waals surface area contributed by atoms with Gasteiger partial charge < -0.3 is 9.15 Å². The number of fused-ring (bicyclic) bond motifs is 1. The monoisotopic (exact) mass is 536 g/mol. The summed E-state index contributed by atoms with van der Waals surface area (Å²) in [6, 6.07) is 27.9. The van der Waals surface area contributed by atoms with E-state index in [1.165, 1.54) is 6.26 Å². The summed E-state index contributed by atoms with van der Waals surface area (Å²) in [5, 5.41) is 1.06. The molecule has 0 spiro atoms. The minimum atomic E-state index is -0.455. The predicted octanol–water partition coefficient (Wildman–Crippen LogP) is 9.12. The Morgan fingerprint density at radius 2 is 1.51 bits per heavy atom. The fraction of sp³-hybridized carbons (Fsp3) is 0.176. The zero-order chi connectivity index (χ0) is 27.2. The molecular weight excluding hydrogens is 508 g/mol. The molecule has 0 atom stereocenters. The molecule has 0 fully saturated rings. The van der Waals surface area contributed by atoms with Crippen LogP contribution in [0.25, 0.3) is 33.2 Å². The normalized spacial score (nSPS) is 11.0. The maximum atomic E-state index is 13.4. The van der Waals surface area contributed by atoms with Crippen LogP contribution in [0.15, 0.2) is 106 Å². The molecule has 39 heavy (non-hydrogen) atoms. The fourth-order valence-corrected chi connectivity index (χ4v) is 4.78. The van der Waals surface area contributed by atoms with Crippen LogP contribution in [0.5, 0.6) is 5.75 Å². The number of ether oxygens (including phenoxy) is 1. The zero-order valence-electron chi connectivity index (χ0n) is 21.8. The molecule has 0 unspecified atom stereocenters. The number of hydrogen-bond acceptors (Lipinski definition) is 4. The number of unbranched alkanes of at least 4 members (excludes halogenated alkanes) is 3. The molecule has 1 heterocycles. The van der Waals surface area contributed by atoms with E-state index < -0.39 is 5.97 Å². The number of esters is 1. The van der Waals surface area contributed by atoms with E-state index in [1.54, 1.807) is 42.5 Å². The number of hydrogen-bond donors (Lipinski definition) is 0. The first-order valence-electron chi connectivity index (χ1n) is 13.3. The lowest BCUT2D eigenvalue weighted by Gasteiger charge is -2.13. The molecular formula is C34H29ClO4. The van der Waals surface area contributed by atoms with E-state index >= 15 is 0 Å². The van der Waals surface area contributed by atoms with Crippen molar-refractivity contribution in [1.29, 1.82) is 0 Å². The average Bonchev–Trinajstić information content (AvgIpc) is 2.97. The topological polar surface area (TPSA) is 56.5 Å². The molecule has 0 saturated heterocycles. The summed E-state index contributed by atoms with van der Waals surface area (Å²) < 4.78 is 11.8. The van der Waals surface area contributed by atoms with Crippen molar-refractivity contribution in [2.75, 3.05) is 0 Å². The van der Waals surface area contributed by atoms with Crippen molar-refractivity contribution >= 4 is 28.5 Å². The summed E-state index contributed by atoms with van der Waals surface area (Å²) in [7, 11) is 0. The van der Waals surface area contributed by atoms with Crippen LogP contribution >= 0.6 is 11.6 Å². The van der Waals surface area contributed by atoms with Gasteiger partial charge >= 0.3 is 5.97 Å². The van der Waals surface area contributed by atoms with Gasteiger partial charge in [-0.05, 0) is 65.4 Å². The third kappa shape index (κ3) is 6.13. The smallest absolute Gasteiger partial charge is 0.343 e. The van der Waals surface area contributed by atoms with Gasteiger partial charge in [-0.15, -0.1) is 0 Å². The lowest BCUT2D eigenvalue weighted by atomic mass is 10.0. The first-order chi connectivity index (χ1) is 19.0. The van der Waals surface area contributed by atoms with E-state index in [-0.39, 0.29) is 5.43 Å². The fourth-order valence-electron chi connectivity index (χ4n) is 4.65. The van der Waals surface area contributed by atoms with Gasteiger partial charge in [-0.1, -0.05) is 92.4 Å². The molecule has 0 amide bonds. The molecule has 0 N–H and O–H groups in total. The lowest BCUT2D eigenvalue weighted by molar-refractivity contribution is 0.0733. The first kappa shape index (κ1) is 26.5. The molecule has 5 rings (SSSR count). The lowest BCUT2D eigenvalue weighted by Crippen LogP contribution is -2.11. The summed E-state index contributed by atoms with van der Waals surface area (Å²) in [6.07, 6.45) is 6.37. The van der Waals surface area contributed by atoms with Crippen molar-refractivity contribution in [1.82, 2.24) is 0 Å². The number of halogens is 1. The van der Waals surface area contributed by atoms with Crippen molar-refractivity contribution in [2.24, 2.45) is 0 Å². The maximum absolute atomic E-state index is 13.4. The van der Waals surface area contributed by atoms with Gasteiger partial charge in [0.15, 0.2) is 0 Å². The van der Waals surface area contributed by atoms with Gasteiger partial charge in [-0.25, -0.2) is 4.79 Å². The second-order valence-corrected chi connectivity index (χ2v) is 10.0. The van der Waals surface area contributed by atoms with Crippen molar-refractivity contribution in [3.05, 3.63) is 124 Å². The standard InChI is InChI=1S/C34H29ClO4/c1-2-3-4-6-11-27-20-29-32(38-22-30(33(29)36)25-16-18-28(35)19-17-25)21-31(27)39-34(37)26-14-12-24(13-15-26)23-9-7-5-8-10-23/h5,7-10,12-22H,2-4,6,11H2,1H3. The third-order valence-corrected chi connectivity index (χ3v) is 7.09. The van der Waals surface area contributed by atoms with E-state index in [9.17, 15) is 9.59 Å². The Balaban J connectivity index is 1.46. The Morgan fingerprint density at radius 1 is 0.821 bits per heavy atom. The summed E-state index contributed by atoms with van der Waals surface area (Å²) in [5.74, 6) is -0.0394. The summed E-state index contributed by atoms with van der Waals surface area (Å²) in [6.45, 7) is 2.16. The highest BCUT2D eigenvalue weighted by Gasteiger charge is 2.17. The molecule has 0 bridgehead atoms. The van der Waals surface area contributed by atoms with Crippen molar-refractivity contribution < 1.29 is 13.9 Å². The Labute approximate surface area is 232 Å². The molecule has 0 aliphatic heterocycles. The number of benzene rings is 4. The highest BCUT2D eigenvalue weighted by Crippen LogP contribution is 2.30. The largest absolute Gasteiger partial charge is 0.463 e. The van der Waals surface area contributed by atoms with Gasteiger partial charge in [0.25, 0.3) is 0 Å². The van der Waals surface area contributed by atoms with E-state index in [2.05, 4.69) is 6.92 Å². The average molecular weight is 537 g/mol. The molecule has 4 nitrogen and oxygen atoms in total.